The largest absolute Gasteiger partial charge is 0.478 e. The number of carbonyl (C=O) groups excluding carboxylic acids is 1. The lowest BCUT2D eigenvalue weighted by Gasteiger charge is -2.17. The molecule has 30 heavy (non-hydrogen) atoms. The fraction of sp³-hybridized carbons (Fsp3) is 0.333. The lowest BCUT2D eigenvalue weighted by Crippen LogP contribution is -2.19. The molecule has 2 rings (SSSR count). The van der Waals surface area contributed by atoms with Crippen LogP contribution in [0.2, 0.25) is 0 Å². The van der Waals surface area contributed by atoms with Crippen molar-refractivity contribution in [1.29, 1.82) is 0 Å². The van der Waals surface area contributed by atoms with E-state index in [1.807, 2.05) is 13.8 Å². The van der Waals surface area contributed by atoms with E-state index in [4.69, 9.17) is 4.74 Å². The number of aryl methyl sites for hydroxylation is 3. The highest BCUT2D eigenvalue weighted by atomic mass is 16.5. The molecule has 0 amide bonds. The minimum absolute atomic E-state index is 0.0176. The summed E-state index contributed by atoms with van der Waals surface area (Å²) in [4.78, 5) is 48.7. The van der Waals surface area contributed by atoms with Crippen molar-refractivity contribution < 1.29 is 39.2 Å². The molecule has 0 bridgehead atoms. The van der Waals surface area contributed by atoms with E-state index in [0.29, 0.717) is 24.0 Å². The monoisotopic (exact) mass is 417 g/mol. The maximum absolute atomic E-state index is 12.8. The highest BCUT2D eigenvalue weighted by molar-refractivity contribution is 6.15. The highest BCUT2D eigenvalue weighted by Crippen LogP contribution is 2.32. The third kappa shape index (κ3) is 4.05. The van der Waals surface area contributed by atoms with Gasteiger partial charge in [-0.05, 0) is 38.3 Å². The van der Waals surface area contributed by atoms with Gasteiger partial charge in [0.05, 0.1) is 12.3 Å². The number of carbonyl (C=O) groups is 4. The van der Waals surface area contributed by atoms with Gasteiger partial charge in [0.1, 0.15) is 22.5 Å². The normalized spacial score (nSPS) is 10.7. The standard InChI is InChI=1S/C21H23NO8/c1-5-6-7-30-21(29)17-14(19(25)26)13(18(23)24)16(20(27)28)22(17)15-11(3)8-10(2)9-12(15)4/h8-9H,5-7H2,1-4H3,(H,23,24)(H,25,26)(H,27,28). The van der Waals surface area contributed by atoms with E-state index in [1.54, 1.807) is 26.0 Å². The average molecular weight is 417 g/mol. The summed E-state index contributed by atoms with van der Waals surface area (Å²) in [7, 11) is 0. The molecular weight excluding hydrogens is 394 g/mol. The molecule has 3 N–H and O–H groups in total. The van der Waals surface area contributed by atoms with Gasteiger partial charge in [-0.2, -0.15) is 0 Å². The van der Waals surface area contributed by atoms with Gasteiger partial charge in [-0.3, -0.25) is 4.57 Å². The minimum atomic E-state index is -1.77. The Kier molecular flexibility index (Phi) is 6.66. The van der Waals surface area contributed by atoms with Crippen LogP contribution in [0.4, 0.5) is 0 Å². The van der Waals surface area contributed by atoms with Crippen LogP contribution in [0.15, 0.2) is 12.1 Å². The first-order chi connectivity index (χ1) is 14.0. The Morgan fingerprint density at radius 3 is 1.80 bits per heavy atom. The van der Waals surface area contributed by atoms with Crippen molar-refractivity contribution >= 4 is 23.9 Å². The molecular formula is C21H23NO8. The maximum Gasteiger partial charge on any atom is 0.356 e. The van der Waals surface area contributed by atoms with Crippen molar-refractivity contribution in [2.24, 2.45) is 0 Å². The second-order valence-electron chi connectivity index (χ2n) is 6.93. The molecule has 1 aromatic heterocycles. The molecule has 1 heterocycles. The average Bonchev–Trinajstić information content (AvgIpc) is 2.97. The number of unbranched alkanes of at least 4 members (excludes halogenated alkanes) is 1. The summed E-state index contributed by atoms with van der Waals surface area (Å²) in [6.07, 6.45) is 1.21. The van der Waals surface area contributed by atoms with Crippen molar-refractivity contribution in [3.8, 4) is 5.69 Å². The number of esters is 1. The lowest BCUT2D eigenvalue weighted by molar-refractivity contribution is 0.0480. The Hall–Kier alpha value is -3.62. The summed E-state index contributed by atoms with van der Waals surface area (Å²) < 4.78 is 6.03. The molecule has 0 fully saturated rings. The number of benzene rings is 1. The molecule has 0 saturated heterocycles. The van der Waals surface area contributed by atoms with Crippen LogP contribution < -0.4 is 0 Å². The molecule has 0 atom stereocenters. The molecule has 0 saturated carbocycles. The van der Waals surface area contributed by atoms with E-state index in [9.17, 15) is 34.5 Å². The van der Waals surface area contributed by atoms with Crippen molar-refractivity contribution in [1.82, 2.24) is 4.57 Å². The topological polar surface area (TPSA) is 143 Å². The zero-order chi connectivity index (χ0) is 22.7. The molecule has 0 unspecified atom stereocenters. The smallest absolute Gasteiger partial charge is 0.356 e. The zero-order valence-corrected chi connectivity index (χ0v) is 17.1. The van der Waals surface area contributed by atoms with Gasteiger partial charge < -0.3 is 20.1 Å². The van der Waals surface area contributed by atoms with E-state index < -0.39 is 46.4 Å². The van der Waals surface area contributed by atoms with Crippen molar-refractivity contribution in [2.45, 2.75) is 40.5 Å². The summed E-state index contributed by atoms with van der Waals surface area (Å²) in [6.45, 7) is 6.99. The van der Waals surface area contributed by atoms with Crippen LogP contribution in [-0.2, 0) is 4.74 Å². The third-order valence-electron chi connectivity index (χ3n) is 4.58. The number of aromatic nitrogens is 1. The number of hydrogen-bond acceptors (Lipinski definition) is 5. The number of nitrogens with zero attached hydrogens (tertiary/aromatic N) is 1. The highest BCUT2D eigenvalue weighted by Gasteiger charge is 2.39. The number of hydrogen-bond donors (Lipinski definition) is 3. The van der Waals surface area contributed by atoms with Crippen LogP contribution >= 0.6 is 0 Å². The molecule has 160 valence electrons. The fourth-order valence-electron chi connectivity index (χ4n) is 3.51. The molecule has 9 nitrogen and oxygen atoms in total. The second-order valence-corrected chi connectivity index (χ2v) is 6.93. The molecule has 1 aromatic carbocycles. The summed E-state index contributed by atoms with van der Waals surface area (Å²) in [6, 6.07) is 3.45. The minimum Gasteiger partial charge on any atom is -0.478 e. The first kappa shape index (κ1) is 22.7. The van der Waals surface area contributed by atoms with Crippen molar-refractivity contribution in [3.63, 3.8) is 0 Å². The van der Waals surface area contributed by atoms with Gasteiger partial charge in [0.25, 0.3) is 0 Å². The number of carboxylic acid groups (broad SMARTS) is 3. The Bertz CT molecular complexity index is 1020. The summed E-state index contributed by atoms with van der Waals surface area (Å²) in [5.41, 5.74) is -1.18. The number of ether oxygens (including phenoxy) is 1. The predicted molar refractivity (Wildman–Crippen MR) is 106 cm³/mol. The molecule has 0 aliphatic carbocycles. The quantitative estimate of drug-likeness (QED) is 0.438. The van der Waals surface area contributed by atoms with Gasteiger partial charge in [0.2, 0.25) is 0 Å². The molecule has 9 heteroatoms. The Balaban J connectivity index is 3.03. The molecule has 0 radical (unpaired) electrons. The summed E-state index contributed by atoms with van der Waals surface area (Å²) in [5.74, 6) is -6.29. The van der Waals surface area contributed by atoms with Gasteiger partial charge in [0.15, 0.2) is 0 Å². The second kappa shape index (κ2) is 8.81. The van der Waals surface area contributed by atoms with E-state index in [-0.39, 0.29) is 12.3 Å². The predicted octanol–water partition coefficient (Wildman–Crippen LogP) is 3.45. The summed E-state index contributed by atoms with van der Waals surface area (Å²) in [5, 5.41) is 29.1. The zero-order valence-electron chi connectivity index (χ0n) is 17.1. The van der Waals surface area contributed by atoms with Gasteiger partial charge in [-0.1, -0.05) is 31.0 Å². The van der Waals surface area contributed by atoms with Crippen LogP contribution in [0.1, 0.15) is 78.1 Å². The number of carboxylic acids is 3. The molecule has 0 aliphatic heterocycles. The van der Waals surface area contributed by atoms with Gasteiger partial charge in [-0.15, -0.1) is 0 Å². The van der Waals surface area contributed by atoms with E-state index in [2.05, 4.69) is 0 Å². The van der Waals surface area contributed by atoms with Crippen LogP contribution in [0.3, 0.4) is 0 Å². The van der Waals surface area contributed by atoms with Crippen LogP contribution in [0.25, 0.3) is 5.69 Å². The Labute approximate surface area is 172 Å². The van der Waals surface area contributed by atoms with Gasteiger partial charge >= 0.3 is 23.9 Å². The van der Waals surface area contributed by atoms with Crippen LogP contribution in [-0.4, -0.2) is 50.4 Å². The Morgan fingerprint density at radius 2 is 1.37 bits per heavy atom. The fourth-order valence-corrected chi connectivity index (χ4v) is 3.51. The third-order valence-corrected chi connectivity index (χ3v) is 4.58. The SMILES string of the molecule is CCCCOC(=O)c1c(C(=O)O)c(C(=O)O)c(C(=O)O)n1-c1c(C)cc(C)cc1C. The molecule has 0 aliphatic rings. The molecule has 0 spiro atoms. The van der Waals surface area contributed by atoms with Gasteiger partial charge in [0, 0.05) is 0 Å². The lowest BCUT2D eigenvalue weighted by atomic mass is 10.0. The molecule has 2 aromatic rings. The van der Waals surface area contributed by atoms with Crippen molar-refractivity contribution in [2.75, 3.05) is 6.61 Å². The van der Waals surface area contributed by atoms with Crippen LogP contribution in [0, 0.1) is 20.8 Å². The van der Waals surface area contributed by atoms with Gasteiger partial charge in [-0.25, -0.2) is 19.2 Å². The maximum atomic E-state index is 12.8. The van der Waals surface area contributed by atoms with Crippen LogP contribution in [0.5, 0.6) is 0 Å². The van der Waals surface area contributed by atoms with Crippen molar-refractivity contribution in [3.05, 3.63) is 51.3 Å². The van der Waals surface area contributed by atoms with E-state index in [0.717, 1.165) is 10.1 Å². The first-order valence-electron chi connectivity index (χ1n) is 9.26. The van der Waals surface area contributed by atoms with E-state index >= 15 is 0 Å². The number of rotatable bonds is 8. The Morgan fingerprint density at radius 1 is 0.867 bits per heavy atom. The number of aromatic carboxylic acids is 3. The summed E-state index contributed by atoms with van der Waals surface area (Å²) >= 11 is 0. The van der Waals surface area contributed by atoms with E-state index in [1.165, 1.54) is 0 Å². The first-order valence-corrected chi connectivity index (χ1v) is 9.26.